The predicted octanol–water partition coefficient (Wildman–Crippen LogP) is -0.436. The SMILES string of the molecule is CO[C@H]1CNCCC1=O. The summed E-state index contributed by atoms with van der Waals surface area (Å²) >= 11 is 0. The Morgan fingerprint density at radius 3 is 3.00 bits per heavy atom. The average molecular weight is 129 g/mol. The van der Waals surface area contributed by atoms with Crippen LogP contribution in [0.1, 0.15) is 6.42 Å². The monoisotopic (exact) mass is 129 g/mol. The second-order valence-corrected chi connectivity index (χ2v) is 2.14. The number of carbonyl (C=O) groups is 1. The van der Waals surface area contributed by atoms with Crippen LogP contribution in [0, 0.1) is 0 Å². The normalized spacial score (nSPS) is 28.6. The van der Waals surface area contributed by atoms with Gasteiger partial charge in [-0.15, -0.1) is 0 Å². The molecule has 1 atom stereocenters. The zero-order valence-electron chi connectivity index (χ0n) is 5.52. The minimum atomic E-state index is -0.196. The van der Waals surface area contributed by atoms with Crippen LogP contribution in [-0.4, -0.2) is 32.1 Å². The standard InChI is InChI=1S/C6H11NO2/c1-9-6-4-7-3-2-5(6)8/h6-7H,2-4H2,1H3/t6-/m0/s1. The molecule has 1 saturated heterocycles. The summed E-state index contributed by atoms with van der Waals surface area (Å²) in [5, 5.41) is 3.07. The molecule has 1 N–H and O–H groups in total. The van der Waals surface area contributed by atoms with Crippen LogP contribution in [0.3, 0.4) is 0 Å². The molecule has 3 nitrogen and oxygen atoms in total. The third-order valence-corrected chi connectivity index (χ3v) is 1.52. The molecule has 0 radical (unpaired) electrons. The molecule has 0 spiro atoms. The van der Waals surface area contributed by atoms with Crippen molar-refractivity contribution in [3.05, 3.63) is 0 Å². The number of rotatable bonds is 1. The topological polar surface area (TPSA) is 38.3 Å². The summed E-state index contributed by atoms with van der Waals surface area (Å²) in [6, 6.07) is 0. The Hall–Kier alpha value is -0.410. The molecular weight excluding hydrogens is 118 g/mol. The molecule has 0 aromatic carbocycles. The molecule has 0 unspecified atom stereocenters. The summed E-state index contributed by atoms with van der Waals surface area (Å²) < 4.78 is 4.89. The van der Waals surface area contributed by atoms with E-state index in [-0.39, 0.29) is 11.9 Å². The number of hydrogen-bond acceptors (Lipinski definition) is 3. The first-order valence-electron chi connectivity index (χ1n) is 3.11. The fourth-order valence-electron chi connectivity index (χ4n) is 0.934. The Morgan fingerprint density at radius 2 is 2.56 bits per heavy atom. The quantitative estimate of drug-likeness (QED) is 0.522. The highest BCUT2D eigenvalue weighted by molar-refractivity contribution is 5.84. The van der Waals surface area contributed by atoms with Crippen molar-refractivity contribution in [2.24, 2.45) is 0 Å². The smallest absolute Gasteiger partial charge is 0.164 e. The van der Waals surface area contributed by atoms with E-state index in [1.54, 1.807) is 7.11 Å². The highest BCUT2D eigenvalue weighted by Gasteiger charge is 2.20. The van der Waals surface area contributed by atoms with Crippen LogP contribution in [0.5, 0.6) is 0 Å². The molecule has 1 rings (SSSR count). The highest BCUT2D eigenvalue weighted by atomic mass is 16.5. The number of ether oxygens (including phenoxy) is 1. The Bertz CT molecular complexity index is 114. The lowest BCUT2D eigenvalue weighted by Gasteiger charge is -2.19. The van der Waals surface area contributed by atoms with Gasteiger partial charge in [-0.1, -0.05) is 0 Å². The van der Waals surface area contributed by atoms with Crippen LogP contribution in [0.25, 0.3) is 0 Å². The van der Waals surface area contributed by atoms with Gasteiger partial charge in [-0.3, -0.25) is 4.79 Å². The van der Waals surface area contributed by atoms with E-state index in [4.69, 9.17) is 4.74 Å². The second-order valence-electron chi connectivity index (χ2n) is 2.14. The van der Waals surface area contributed by atoms with E-state index in [0.717, 1.165) is 6.54 Å². The maximum atomic E-state index is 10.9. The molecule has 0 bridgehead atoms. The van der Waals surface area contributed by atoms with Gasteiger partial charge >= 0.3 is 0 Å². The molecule has 0 aliphatic carbocycles. The van der Waals surface area contributed by atoms with Crippen LogP contribution >= 0.6 is 0 Å². The molecule has 3 heteroatoms. The molecule has 0 amide bonds. The molecule has 1 fully saturated rings. The number of hydrogen-bond donors (Lipinski definition) is 1. The van der Waals surface area contributed by atoms with E-state index in [1.807, 2.05) is 0 Å². The van der Waals surface area contributed by atoms with Gasteiger partial charge < -0.3 is 10.1 Å². The van der Waals surface area contributed by atoms with Crippen molar-refractivity contribution in [3.63, 3.8) is 0 Å². The average Bonchev–Trinajstić information content (AvgIpc) is 1.89. The van der Waals surface area contributed by atoms with Crippen molar-refractivity contribution in [1.29, 1.82) is 0 Å². The van der Waals surface area contributed by atoms with Gasteiger partial charge in [0.25, 0.3) is 0 Å². The van der Waals surface area contributed by atoms with Crippen LogP contribution in [0.4, 0.5) is 0 Å². The largest absolute Gasteiger partial charge is 0.372 e. The predicted molar refractivity (Wildman–Crippen MR) is 33.3 cm³/mol. The fraction of sp³-hybridized carbons (Fsp3) is 0.833. The van der Waals surface area contributed by atoms with Crippen molar-refractivity contribution >= 4 is 5.78 Å². The van der Waals surface area contributed by atoms with Crippen molar-refractivity contribution in [2.45, 2.75) is 12.5 Å². The fourth-order valence-corrected chi connectivity index (χ4v) is 0.934. The van der Waals surface area contributed by atoms with Crippen LogP contribution < -0.4 is 5.32 Å². The van der Waals surface area contributed by atoms with Gasteiger partial charge in [-0.25, -0.2) is 0 Å². The zero-order chi connectivity index (χ0) is 6.69. The summed E-state index contributed by atoms with van der Waals surface area (Å²) in [6.07, 6.45) is 0.414. The molecule has 52 valence electrons. The number of carbonyl (C=O) groups excluding carboxylic acids is 1. The molecule has 0 saturated carbocycles. The van der Waals surface area contributed by atoms with Crippen molar-refractivity contribution in [3.8, 4) is 0 Å². The Morgan fingerprint density at radius 1 is 1.78 bits per heavy atom. The molecule has 0 aromatic heterocycles. The minimum Gasteiger partial charge on any atom is -0.372 e. The van der Waals surface area contributed by atoms with Gasteiger partial charge in [0.05, 0.1) is 0 Å². The van der Waals surface area contributed by atoms with Gasteiger partial charge in [0, 0.05) is 26.6 Å². The van der Waals surface area contributed by atoms with Crippen molar-refractivity contribution < 1.29 is 9.53 Å². The summed E-state index contributed by atoms with van der Waals surface area (Å²) in [4.78, 5) is 10.9. The third-order valence-electron chi connectivity index (χ3n) is 1.52. The molecule has 1 aliphatic rings. The van der Waals surface area contributed by atoms with Gasteiger partial charge in [-0.05, 0) is 0 Å². The van der Waals surface area contributed by atoms with E-state index in [2.05, 4.69) is 5.32 Å². The van der Waals surface area contributed by atoms with Crippen molar-refractivity contribution in [2.75, 3.05) is 20.2 Å². The maximum absolute atomic E-state index is 10.9. The first-order valence-corrected chi connectivity index (χ1v) is 3.11. The van der Waals surface area contributed by atoms with Crippen LogP contribution in [0.15, 0.2) is 0 Å². The lowest BCUT2D eigenvalue weighted by atomic mass is 10.1. The van der Waals surface area contributed by atoms with Crippen LogP contribution in [0.2, 0.25) is 0 Å². The first kappa shape index (κ1) is 6.71. The van der Waals surface area contributed by atoms with E-state index in [9.17, 15) is 4.79 Å². The van der Waals surface area contributed by atoms with E-state index in [0.29, 0.717) is 13.0 Å². The lowest BCUT2D eigenvalue weighted by molar-refractivity contribution is -0.130. The number of ketones is 1. The number of nitrogens with one attached hydrogen (secondary N) is 1. The lowest BCUT2D eigenvalue weighted by Crippen LogP contribution is -2.41. The summed E-state index contributed by atoms with van der Waals surface area (Å²) in [6.45, 7) is 1.48. The van der Waals surface area contributed by atoms with E-state index < -0.39 is 0 Å². The Labute approximate surface area is 54.4 Å². The van der Waals surface area contributed by atoms with Crippen molar-refractivity contribution in [1.82, 2.24) is 5.32 Å². The number of methoxy groups -OCH3 is 1. The van der Waals surface area contributed by atoms with Gasteiger partial charge in [0.1, 0.15) is 6.10 Å². The van der Waals surface area contributed by atoms with Gasteiger partial charge in [0.2, 0.25) is 0 Å². The van der Waals surface area contributed by atoms with Gasteiger partial charge in [0.15, 0.2) is 5.78 Å². The van der Waals surface area contributed by atoms with Crippen LogP contribution in [-0.2, 0) is 9.53 Å². The zero-order valence-corrected chi connectivity index (χ0v) is 5.52. The summed E-state index contributed by atoms with van der Waals surface area (Å²) in [5.74, 6) is 0.219. The first-order chi connectivity index (χ1) is 4.34. The molecule has 0 aromatic rings. The minimum absolute atomic E-state index is 0.196. The number of piperidine rings is 1. The van der Waals surface area contributed by atoms with E-state index in [1.165, 1.54) is 0 Å². The maximum Gasteiger partial charge on any atom is 0.164 e. The van der Waals surface area contributed by atoms with E-state index >= 15 is 0 Å². The highest BCUT2D eigenvalue weighted by Crippen LogP contribution is 1.99. The summed E-state index contributed by atoms with van der Waals surface area (Å²) in [7, 11) is 1.57. The second kappa shape index (κ2) is 2.94. The Kier molecular flexibility index (Phi) is 2.19. The number of Topliss-reactive ketones (excluding diaryl/α,β-unsaturated/α-hetero) is 1. The molecule has 1 aliphatic heterocycles. The molecular formula is C6H11NO2. The van der Waals surface area contributed by atoms with Gasteiger partial charge in [-0.2, -0.15) is 0 Å². The molecule has 9 heavy (non-hydrogen) atoms. The Balaban J connectivity index is 2.39. The summed E-state index contributed by atoms with van der Waals surface area (Å²) in [5.41, 5.74) is 0. The third kappa shape index (κ3) is 1.50. The molecule has 1 heterocycles.